The number of hydrogen-bond donors (Lipinski definition) is 1. The fraction of sp³-hybridized carbons (Fsp3) is 0.750. The topological polar surface area (TPSA) is 28.4 Å². The highest BCUT2D eigenvalue weighted by atomic mass is 16.3. The average molecular weight is 264 g/mol. The van der Waals surface area contributed by atoms with Gasteiger partial charge in [0.05, 0.1) is 12.3 Å². The summed E-state index contributed by atoms with van der Waals surface area (Å²) in [5, 5.41) is 3.66. The summed E-state index contributed by atoms with van der Waals surface area (Å²) in [6, 6.07) is 4.28. The van der Waals surface area contributed by atoms with E-state index >= 15 is 0 Å². The first-order chi connectivity index (χ1) is 9.03. The normalized spacial score (nSPS) is 29.6. The summed E-state index contributed by atoms with van der Waals surface area (Å²) in [5.74, 6) is 1.86. The number of hydrogen-bond acceptors (Lipinski definition) is 3. The van der Waals surface area contributed by atoms with Crippen LogP contribution in [0.5, 0.6) is 0 Å². The smallest absolute Gasteiger partial charge is 0.120 e. The van der Waals surface area contributed by atoms with E-state index in [1.54, 1.807) is 6.26 Å². The van der Waals surface area contributed by atoms with E-state index in [4.69, 9.17) is 4.42 Å². The van der Waals surface area contributed by atoms with Gasteiger partial charge in [-0.05, 0) is 51.9 Å². The molecule has 1 heterocycles. The molecule has 1 saturated carbocycles. The molecule has 0 radical (unpaired) electrons. The van der Waals surface area contributed by atoms with Gasteiger partial charge in [-0.2, -0.15) is 0 Å². The summed E-state index contributed by atoms with van der Waals surface area (Å²) in [6.45, 7) is 5.59. The van der Waals surface area contributed by atoms with E-state index < -0.39 is 0 Å². The molecule has 19 heavy (non-hydrogen) atoms. The minimum atomic E-state index is 0.282. The lowest BCUT2D eigenvalue weighted by Gasteiger charge is -2.46. The zero-order valence-corrected chi connectivity index (χ0v) is 12.8. The van der Waals surface area contributed by atoms with Gasteiger partial charge in [0.25, 0.3) is 0 Å². The van der Waals surface area contributed by atoms with Crippen molar-refractivity contribution in [3.63, 3.8) is 0 Å². The van der Waals surface area contributed by atoms with Crippen molar-refractivity contribution in [3.8, 4) is 0 Å². The van der Waals surface area contributed by atoms with Crippen LogP contribution in [-0.4, -0.2) is 31.1 Å². The van der Waals surface area contributed by atoms with Crippen molar-refractivity contribution in [1.29, 1.82) is 0 Å². The van der Waals surface area contributed by atoms with E-state index in [0.717, 1.165) is 18.2 Å². The molecule has 2 rings (SSSR count). The number of rotatable bonds is 5. The van der Waals surface area contributed by atoms with Crippen LogP contribution in [0, 0.1) is 5.92 Å². The third-order valence-electron chi connectivity index (χ3n) is 4.72. The lowest BCUT2D eigenvalue weighted by atomic mass is 9.75. The Bertz CT molecular complexity index is 374. The molecule has 0 amide bonds. The van der Waals surface area contributed by atoms with Gasteiger partial charge in [-0.25, -0.2) is 0 Å². The second-order valence-corrected chi connectivity index (χ2v) is 6.44. The molecule has 0 aliphatic heterocycles. The van der Waals surface area contributed by atoms with Crippen LogP contribution >= 0.6 is 0 Å². The Morgan fingerprint density at radius 2 is 2.32 bits per heavy atom. The van der Waals surface area contributed by atoms with Gasteiger partial charge in [0.1, 0.15) is 5.76 Å². The van der Waals surface area contributed by atoms with E-state index in [0.29, 0.717) is 5.54 Å². The summed E-state index contributed by atoms with van der Waals surface area (Å²) in [7, 11) is 4.44. The highest BCUT2D eigenvalue weighted by molar-refractivity contribution is 5.04. The molecule has 3 heteroatoms. The quantitative estimate of drug-likeness (QED) is 0.883. The largest absolute Gasteiger partial charge is 0.468 e. The van der Waals surface area contributed by atoms with Crippen molar-refractivity contribution in [2.45, 2.75) is 51.1 Å². The van der Waals surface area contributed by atoms with E-state index in [1.807, 2.05) is 12.1 Å². The van der Waals surface area contributed by atoms with Crippen molar-refractivity contribution < 1.29 is 4.42 Å². The monoisotopic (exact) mass is 264 g/mol. The van der Waals surface area contributed by atoms with Gasteiger partial charge in [-0.1, -0.05) is 19.8 Å². The van der Waals surface area contributed by atoms with Crippen LogP contribution in [0.15, 0.2) is 22.8 Å². The molecule has 1 aromatic heterocycles. The Kier molecular flexibility index (Phi) is 4.69. The second-order valence-electron chi connectivity index (χ2n) is 6.44. The predicted octanol–water partition coefficient (Wildman–Crippen LogP) is 3.44. The highest BCUT2D eigenvalue weighted by Crippen LogP contribution is 2.35. The van der Waals surface area contributed by atoms with Crippen molar-refractivity contribution in [2.75, 3.05) is 20.6 Å². The van der Waals surface area contributed by atoms with Crippen LogP contribution in [0.4, 0.5) is 0 Å². The Morgan fingerprint density at radius 3 is 2.89 bits per heavy atom. The van der Waals surface area contributed by atoms with Crippen LogP contribution in [-0.2, 0) is 0 Å². The van der Waals surface area contributed by atoms with Crippen molar-refractivity contribution >= 4 is 0 Å². The standard InChI is InChI=1S/C16H28N2O/c1-13-7-5-9-16(11-13,18(3)4)12-17-14(2)15-8-6-10-19-15/h6,8,10,13-14,17H,5,7,9,11-12H2,1-4H3. The molecule has 1 aliphatic rings. The zero-order chi connectivity index (χ0) is 13.9. The molecular formula is C16H28N2O. The molecule has 1 N–H and O–H groups in total. The lowest BCUT2D eigenvalue weighted by molar-refractivity contribution is 0.0721. The molecular weight excluding hydrogens is 236 g/mol. The Labute approximate surface area is 117 Å². The van der Waals surface area contributed by atoms with Gasteiger partial charge in [-0.15, -0.1) is 0 Å². The van der Waals surface area contributed by atoms with Gasteiger partial charge in [0.15, 0.2) is 0 Å². The van der Waals surface area contributed by atoms with Crippen LogP contribution in [0.2, 0.25) is 0 Å². The molecule has 1 aromatic rings. The van der Waals surface area contributed by atoms with Crippen molar-refractivity contribution in [1.82, 2.24) is 10.2 Å². The van der Waals surface area contributed by atoms with Crippen LogP contribution in [0.1, 0.15) is 51.3 Å². The maximum absolute atomic E-state index is 5.47. The molecule has 0 aromatic carbocycles. The minimum Gasteiger partial charge on any atom is -0.468 e. The molecule has 3 unspecified atom stereocenters. The fourth-order valence-corrected chi connectivity index (χ4v) is 3.34. The predicted molar refractivity (Wildman–Crippen MR) is 79.2 cm³/mol. The fourth-order valence-electron chi connectivity index (χ4n) is 3.34. The van der Waals surface area contributed by atoms with Crippen molar-refractivity contribution in [2.24, 2.45) is 5.92 Å². The average Bonchev–Trinajstić information content (AvgIpc) is 2.89. The number of likely N-dealkylation sites (N-methyl/N-ethyl adjacent to an activating group) is 1. The maximum atomic E-state index is 5.47. The first-order valence-electron chi connectivity index (χ1n) is 7.48. The van der Waals surface area contributed by atoms with E-state index in [1.165, 1.54) is 25.7 Å². The summed E-state index contributed by atoms with van der Waals surface area (Å²) < 4.78 is 5.47. The summed E-state index contributed by atoms with van der Waals surface area (Å²) in [4.78, 5) is 2.42. The Hall–Kier alpha value is -0.800. The highest BCUT2D eigenvalue weighted by Gasteiger charge is 2.36. The Morgan fingerprint density at radius 1 is 1.53 bits per heavy atom. The maximum Gasteiger partial charge on any atom is 0.120 e. The van der Waals surface area contributed by atoms with Crippen LogP contribution in [0.25, 0.3) is 0 Å². The van der Waals surface area contributed by atoms with Gasteiger partial charge >= 0.3 is 0 Å². The Balaban J connectivity index is 1.97. The van der Waals surface area contributed by atoms with Gasteiger partial charge < -0.3 is 14.6 Å². The molecule has 0 saturated heterocycles. The molecule has 3 atom stereocenters. The molecule has 1 aliphatic carbocycles. The summed E-state index contributed by atoms with van der Waals surface area (Å²) in [6.07, 6.45) is 7.05. The minimum absolute atomic E-state index is 0.282. The second kappa shape index (κ2) is 6.10. The van der Waals surface area contributed by atoms with E-state index in [9.17, 15) is 0 Å². The zero-order valence-electron chi connectivity index (χ0n) is 12.8. The van der Waals surface area contributed by atoms with Crippen molar-refractivity contribution in [3.05, 3.63) is 24.2 Å². The van der Waals surface area contributed by atoms with Gasteiger partial charge in [-0.3, -0.25) is 0 Å². The summed E-state index contributed by atoms with van der Waals surface area (Å²) in [5.41, 5.74) is 0.304. The number of furan rings is 1. The van der Waals surface area contributed by atoms with E-state index in [2.05, 4.69) is 38.2 Å². The lowest BCUT2D eigenvalue weighted by Crippen LogP contribution is -2.54. The third kappa shape index (κ3) is 3.40. The molecule has 0 spiro atoms. The van der Waals surface area contributed by atoms with Gasteiger partial charge in [0, 0.05) is 12.1 Å². The number of nitrogens with one attached hydrogen (secondary N) is 1. The third-order valence-corrected chi connectivity index (χ3v) is 4.72. The van der Waals surface area contributed by atoms with E-state index in [-0.39, 0.29) is 6.04 Å². The summed E-state index contributed by atoms with van der Waals surface area (Å²) >= 11 is 0. The molecule has 3 nitrogen and oxygen atoms in total. The SMILES string of the molecule is CC1CCCC(CNC(C)c2ccco2)(N(C)C)C1. The molecule has 108 valence electrons. The van der Waals surface area contributed by atoms with Gasteiger partial charge in [0.2, 0.25) is 0 Å². The van der Waals surface area contributed by atoms with Crippen LogP contribution < -0.4 is 5.32 Å². The number of nitrogens with zero attached hydrogens (tertiary/aromatic N) is 1. The first kappa shape index (κ1) is 14.6. The molecule has 1 fully saturated rings. The van der Waals surface area contributed by atoms with Crippen LogP contribution in [0.3, 0.4) is 0 Å². The molecule has 0 bridgehead atoms. The first-order valence-corrected chi connectivity index (χ1v) is 7.48.